The van der Waals surface area contributed by atoms with E-state index in [4.69, 9.17) is 19.6 Å². The quantitative estimate of drug-likeness (QED) is 0.424. The number of carbonyl (C=O) groups excluding carboxylic acids is 2. The van der Waals surface area contributed by atoms with E-state index in [1.807, 2.05) is 23.1 Å². The summed E-state index contributed by atoms with van der Waals surface area (Å²) < 4.78 is 16.2. The Morgan fingerprint density at radius 2 is 1.84 bits per heavy atom. The lowest BCUT2D eigenvalue weighted by Crippen LogP contribution is -2.40. The number of hydrogen-bond donors (Lipinski definition) is 2. The Balaban J connectivity index is 1.36. The van der Waals surface area contributed by atoms with Gasteiger partial charge in [0, 0.05) is 48.8 Å². The predicted octanol–water partition coefficient (Wildman–Crippen LogP) is 2.71. The molecule has 1 saturated heterocycles. The van der Waals surface area contributed by atoms with E-state index in [1.54, 1.807) is 24.3 Å². The van der Waals surface area contributed by atoms with Crippen LogP contribution in [0.3, 0.4) is 0 Å². The molecule has 2 aliphatic heterocycles. The van der Waals surface area contributed by atoms with Gasteiger partial charge in [-0.05, 0) is 30.2 Å². The van der Waals surface area contributed by atoms with E-state index in [1.165, 1.54) is 6.92 Å². The zero-order valence-electron chi connectivity index (χ0n) is 18.1. The van der Waals surface area contributed by atoms with E-state index in [-0.39, 0.29) is 17.8 Å². The van der Waals surface area contributed by atoms with Crippen LogP contribution < -0.4 is 10.1 Å². The lowest BCUT2D eigenvalue weighted by molar-refractivity contribution is -0.142. The first-order chi connectivity index (χ1) is 15.5. The van der Waals surface area contributed by atoms with Gasteiger partial charge in [-0.3, -0.25) is 15.0 Å². The fourth-order valence-electron chi connectivity index (χ4n) is 3.81. The third-order valence-corrected chi connectivity index (χ3v) is 5.58. The monoisotopic (exact) mass is 437 g/mol. The average Bonchev–Trinajstić information content (AvgIpc) is 2.82. The molecule has 0 radical (unpaired) electrons. The zero-order chi connectivity index (χ0) is 22.5. The number of morpholine rings is 1. The van der Waals surface area contributed by atoms with Gasteiger partial charge in [0.05, 0.1) is 26.4 Å². The molecular formula is C24H27N3O5. The molecule has 0 aliphatic carbocycles. The molecule has 0 saturated carbocycles. The molecule has 8 nitrogen and oxygen atoms in total. The summed E-state index contributed by atoms with van der Waals surface area (Å²) in [5.41, 5.74) is 2.97. The molecule has 4 rings (SSSR count). The first-order valence-electron chi connectivity index (χ1n) is 10.7. The Morgan fingerprint density at radius 3 is 2.56 bits per heavy atom. The summed E-state index contributed by atoms with van der Waals surface area (Å²) in [5.74, 6) is 0.787. The van der Waals surface area contributed by atoms with Gasteiger partial charge in [0.25, 0.3) is 5.91 Å². The fraction of sp³-hybridized carbons (Fsp3) is 0.375. The summed E-state index contributed by atoms with van der Waals surface area (Å²) in [7, 11) is 0. The topological polar surface area (TPSA) is 101 Å². The summed E-state index contributed by atoms with van der Waals surface area (Å²) in [5, 5.41) is 11.3. The smallest absolute Gasteiger partial charge is 0.302 e. The van der Waals surface area contributed by atoms with Crippen LogP contribution in [-0.2, 0) is 20.7 Å². The van der Waals surface area contributed by atoms with Crippen molar-refractivity contribution in [3.05, 3.63) is 59.2 Å². The van der Waals surface area contributed by atoms with E-state index >= 15 is 0 Å². The SMILES string of the molecule is CC(=O)OCC1COc2cc(NC(=O)c3ccc(C(=N)N4CCOCC4)cc3)ccc2C1. The maximum Gasteiger partial charge on any atom is 0.302 e. The number of ether oxygens (including phenoxy) is 3. The van der Waals surface area contributed by atoms with Crippen LogP contribution in [0.5, 0.6) is 5.75 Å². The van der Waals surface area contributed by atoms with Gasteiger partial charge in [-0.15, -0.1) is 0 Å². The maximum absolute atomic E-state index is 12.7. The van der Waals surface area contributed by atoms with E-state index < -0.39 is 0 Å². The molecule has 2 heterocycles. The Morgan fingerprint density at radius 1 is 1.12 bits per heavy atom. The molecule has 1 atom stereocenters. The summed E-state index contributed by atoms with van der Waals surface area (Å²) >= 11 is 0. The predicted molar refractivity (Wildman–Crippen MR) is 119 cm³/mol. The highest BCUT2D eigenvalue weighted by atomic mass is 16.5. The minimum Gasteiger partial charge on any atom is -0.493 e. The number of hydrogen-bond acceptors (Lipinski definition) is 6. The highest BCUT2D eigenvalue weighted by molar-refractivity contribution is 6.05. The Hall–Kier alpha value is -3.39. The van der Waals surface area contributed by atoms with Crippen molar-refractivity contribution in [3.8, 4) is 5.75 Å². The summed E-state index contributed by atoms with van der Waals surface area (Å²) in [6.45, 7) is 4.85. The van der Waals surface area contributed by atoms with Crippen molar-refractivity contribution in [2.75, 3.05) is 44.8 Å². The van der Waals surface area contributed by atoms with Crippen LogP contribution in [0.25, 0.3) is 0 Å². The number of rotatable bonds is 5. The van der Waals surface area contributed by atoms with Crippen LogP contribution in [0.1, 0.15) is 28.4 Å². The van der Waals surface area contributed by atoms with Crippen molar-refractivity contribution in [2.45, 2.75) is 13.3 Å². The fourth-order valence-corrected chi connectivity index (χ4v) is 3.81. The number of benzene rings is 2. The van der Waals surface area contributed by atoms with Crippen molar-refractivity contribution >= 4 is 23.4 Å². The summed E-state index contributed by atoms with van der Waals surface area (Å²) in [6, 6.07) is 12.6. The molecule has 2 aromatic rings. The second-order valence-corrected chi connectivity index (χ2v) is 7.99. The molecule has 32 heavy (non-hydrogen) atoms. The van der Waals surface area contributed by atoms with Crippen LogP contribution in [-0.4, -0.2) is 62.1 Å². The number of esters is 1. The molecule has 2 aromatic carbocycles. The van der Waals surface area contributed by atoms with Crippen molar-refractivity contribution in [1.29, 1.82) is 5.41 Å². The average molecular weight is 437 g/mol. The Bertz CT molecular complexity index is 999. The van der Waals surface area contributed by atoms with Crippen LogP contribution in [0, 0.1) is 11.3 Å². The molecule has 1 unspecified atom stereocenters. The van der Waals surface area contributed by atoms with Crippen LogP contribution in [0.4, 0.5) is 5.69 Å². The molecule has 1 fully saturated rings. The van der Waals surface area contributed by atoms with E-state index in [9.17, 15) is 9.59 Å². The first-order valence-corrected chi connectivity index (χ1v) is 10.7. The van der Waals surface area contributed by atoms with Gasteiger partial charge in [0.1, 0.15) is 11.6 Å². The number of fused-ring (bicyclic) bond motifs is 1. The van der Waals surface area contributed by atoms with E-state index in [0.717, 1.165) is 23.3 Å². The second-order valence-electron chi connectivity index (χ2n) is 7.99. The molecule has 0 bridgehead atoms. The minimum atomic E-state index is -0.292. The third kappa shape index (κ3) is 5.26. The molecule has 0 spiro atoms. The number of nitrogens with one attached hydrogen (secondary N) is 2. The number of anilines is 1. The van der Waals surface area contributed by atoms with E-state index in [0.29, 0.717) is 56.6 Å². The molecule has 0 aromatic heterocycles. The third-order valence-electron chi connectivity index (χ3n) is 5.58. The maximum atomic E-state index is 12.7. The highest BCUT2D eigenvalue weighted by Gasteiger charge is 2.22. The van der Waals surface area contributed by atoms with Gasteiger partial charge in [0.2, 0.25) is 0 Å². The molecule has 2 N–H and O–H groups in total. The van der Waals surface area contributed by atoms with Crippen molar-refractivity contribution < 1.29 is 23.8 Å². The van der Waals surface area contributed by atoms with Gasteiger partial charge in [-0.25, -0.2) is 0 Å². The van der Waals surface area contributed by atoms with Crippen molar-refractivity contribution in [1.82, 2.24) is 4.90 Å². The van der Waals surface area contributed by atoms with Crippen LogP contribution in [0.2, 0.25) is 0 Å². The van der Waals surface area contributed by atoms with Gasteiger partial charge < -0.3 is 24.4 Å². The lowest BCUT2D eigenvalue weighted by Gasteiger charge is -2.29. The number of nitrogens with zero attached hydrogens (tertiary/aromatic N) is 1. The Kier molecular flexibility index (Phi) is 6.70. The number of amides is 1. The standard InChI is InChI=1S/C24H27N3O5/c1-16(28)31-14-17-12-20-6-7-21(13-22(20)32-15-17)26-24(29)19-4-2-18(3-5-19)23(25)27-8-10-30-11-9-27/h2-7,13,17,25H,8-12,14-15H2,1H3,(H,26,29). The largest absolute Gasteiger partial charge is 0.493 e. The molecule has 1 amide bonds. The molecule has 8 heteroatoms. The normalized spacial score (nSPS) is 17.7. The summed E-state index contributed by atoms with van der Waals surface area (Å²) in [4.78, 5) is 25.7. The summed E-state index contributed by atoms with van der Waals surface area (Å²) in [6.07, 6.45) is 0.757. The van der Waals surface area contributed by atoms with Gasteiger partial charge in [0.15, 0.2) is 0 Å². The lowest BCUT2D eigenvalue weighted by atomic mass is 9.97. The number of amidine groups is 1. The molecule has 2 aliphatic rings. The Labute approximate surface area is 187 Å². The molecular weight excluding hydrogens is 410 g/mol. The van der Waals surface area contributed by atoms with Crippen molar-refractivity contribution in [3.63, 3.8) is 0 Å². The van der Waals surface area contributed by atoms with E-state index in [2.05, 4.69) is 5.32 Å². The minimum absolute atomic E-state index is 0.126. The van der Waals surface area contributed by atoms with Crippen molar-refractivity contribution in [2.24, 2.45) is 5.92 Å². The van der Waals surface area contributed by atoms with Gasteiger partial charge in [-0.1, -0.05) is 18.2 Å². The van der Waals surface area contributed by atoms with Gasteiger partial charge >= 0.3 is 5.97 Å². The highest BCUT2D eigenvalue weighted by Crippen LogP contribution is 2.30. The van der Waals surface area contributed by atoms with Crippen LogP contribution in [0.15, 0.2) is 42.5 Å². The molecule has 168 valence electrons. The number of carbonyl (C=O) groups is 2. The van der Waals surface area contributed by atoms with Gasteiger partial charge in [-0.2, -0.15) is 0 Å². The second kappa shape index (κ2) is 9.82. The zero-order valence-corrected chi connectivity index (χ0v) is 18.1. The van der Waals surface area contributed by atoms with Crippen LogP contribution >= 0.6 is 0 Å². The first kappa shape index (κ1) is 21.8.